The first kappa shape index (κ1) is 12.7. The summed E-state index contributed by atoms with van der Waals surface area (Å²) in [6.07, 6.45) is 4.13. The van der Waals surface area contributed by atoms with Gasteiger partial charge in [-0.25, -0.2) is 15.8 Å². The summed E-state index contributed by atoms with van der Waals surface area (Å²) in [6, 6.07) is 0. The van der Waals surface area contributed by atoms with Crippen LogP contribution in [0, 0.1) is 5.92 Å². The number of nitrogen functional groups attached to an aromatic ring is 1. The lowest BCUT2D eigenvalue weighted by Crippen LogP contribution is -2.39. The third kappa shape index (κ3) is 2.74. The number of anilines is 1. The molecule has 4 N–H and O–H groups in total. The number of aliphatic hydroxyl groups excluding tert-OH is 1. The minimum atomic E-state index is -0.201. The Morgan fingerprint density at radius 2 is 2.28 bits per heavy atom. The molecule has 1 aromatic rings. The maximum absolute atomic E-state index is 12.0. The van der Waals surface area contributed by atoms with E-state index in [9.17, 15) is 9.90 Å². The average molecular weight is 251 g/mol. The number of carbonyl (C=O) groups is 1. The number of rotatable bonds is 4. The number of hydrogen-bond donors (Lipinski definition) is 3. The second-order valence-corrected chi connectivity index (χ2v) is 4.61. The minimum absolute atomic E-state index is 0.174. The minimum Gasteiger partial charge on any atom is -0.393 e. The van der Waals surface area contributed by atoms with Gasteiger partial charge in [-0.1, -0.05) is 0 Å². The lowest BCUT2D eigenvalue weighted by molar-refractivity contribution is 0.0264. The van der Waals surface area contributed by atoms with E-state index in [4.69, 9.17) is 5.84 Å². The zero-order valence-electron chi connectivity index (χ0n) is 10.2. The smallest absolute Gasteiger partial charge is 0.273 e. The van der Waals surface area contributed by atoms with Crippen LogP contribution in [0.4, 0.5) is 5.82 Å². The Labute approximate surface area is 105 Å². The van der Waals surface area contributed by atoms with E-state index in [0.29, 0.717) is 18.3 Å². The highest BCUT2D eigenvalue weighted by Gasteiger charge is 2.29. The van der Waals surface area contributed by atoms with Gasteiger partial charge in [0.2, 0.25) is 0 Å². The van der Waals surface area contributed by atoms with Crippen molar-refractivity contribution in [1.29, 1.82) is 0 Å². The van der Waals surface area contributed by atoms with E-state index in [0.717, 1.165) is 12.8 Å². The average Bonchev–Trinajstić information content (AvgIpc) is 2.36. The number of nitrogens with two attached hydrogens (primary N) is 1. The van der Waals surface area contributed by atoms with Crippen molar-refractivity contribution in [2.45, 2.75) is 18.9 Å². The van der Waals surface area contributed by atoms with Gasteiger partial charge in [0, 0.05) is 13.6 Å². The van der Waals surface area contributed by atoms with Crippen molar-refractivity contribution in [1.82, 2.24) is 14.9 Å². The number of aliphatic hydroxyl groups is 1. The molecule has 1 heterocycles. The molecular formula is C11H17N5O2. The molecule has 0 unspecified atom stereocenters. The number of carbonyl (C=O) groups excluding carboxylic acids is 1. The number of hydrogen-bond acceptors (Lipinski definition) is 6. The second-order valence-electron chi connectivity index (χ2n) is 4.61. The highest BCUT2D eigenvalue weighted by Crippen LogP contribution is 2.27. The van der Waals surface area contributed by atoms with Gasteiger partial charge in [-0.2, -0.15) is 0 Å². The quantitative estimate of drug-likeness (QED) is 0.497. The SMILES string of the molecule is CN(CC1CC(O)C1)C(=O)c1cnc(NN)cn1. The third-order valence-corrected chi connectivity index (χ3v) is 3.11. The molecule has 1 aromatic heterocycles. The standard InChI is InChI=1S/C11H17N5O2/c1-16(6-7-2-8(17)3-7)11(18)9-4-14-10(15-12)5-13-9/h4-5,7-8,17H,2-3,6,12H2,1H3,(H,14,15). The highest BCUT2D eigenvalue weighted by molar-refractivity contribution is 5.91. The van der Waals surface area contributed by atoms with Gasteiger partial charge in [0.05, 0.1) is 18.5 Å². The fraction of sp³-hybridized carbons (Fsp3) is 0.545. The third-order valence-electron chi connectivity index (χ3n) is 3.11. The van der Waals surface area contributed by atoms with Gasteiger partial charge < -0.3 is 15.4 Å². The van der Waals surface area contributed by atoms with Crippen molar-refractivity contribution in [3.63, 3.8) is 0 Å². The van der Waals surface area contributed by atoms with Gasteiger partial charge in [0.1, 0.15) is 5.69 Å². The number of hydrazine groups is 1. The fourth-order valence-electron chi connectivity index (χ4n) is 2.03. The molecule has 1 aliphatic carbocycles. The largest absolute Gasteiger partial charge is 0.393 e. The number of nitrogens with zero attached hydrogens (tertiary/aromatic N) is 3. The Morgan fingerprint density at radius 3 is 2.78 bits per heavy atom. The first-order valence-corrected chi connectivity index (χ1v) is 5.82. The van der Waals surface area contributed by atoms with Crippen LogP contribution >= 0.6 is 0 Å². The summed E-state index contributed by atoms with van der Waals surface area (Å²) < 4.78 is 0. The number of amides is 1. The van der Waals surface area contributed by atoms with Gasteiger partial charge in [0.15, 0.2) is 5.82 Å². The molecule has 7 heteroatoms. The Balaban J connectivity index is 1.92. The molecule has 0 aliphatic heterocycles. The molecule has 1 fully saturated rings. The van der Waals surface area contributed by atoms with Gasteiger partial charge in [-0.3, -0.25) is 4.79 Å². The summed E-state index contributed by atoms with van der Waals surface area (Å²) in [6.45, 7) is 0.633. The molecule has 1 aliphatic rings. The number of nitrogens with one attached hydrogen (secondary N) is 1. The van der Waals surface area contributed by atoms with Gasteiger partial charge in [-0.05, 0) is 18.8 Å². The summed E-state index contributed by atoms with van der Waals surface area (Å²) >= 11 is 0. The Hall–Kier alpha value is -1.73. The maximum atomic E-state index is 12.0. The van der Waals surface area contributed by atoms with Crippen LogP contribution in [0.25, 0.3) is 0 Å². The van der Waals surface area contributed by atoms with E-state index in [1.165, 1.54) is 12.4 Å². The van der Waals surface area contributed by atoms with Crippen LogP contribution in [0.3, 0.4) is 0 Å². The van der Waals surface area contributed by atoms with E-state index < -0.39 is 0 Å². The van der Waals surface area contributed by atoms with Crippen LogP contribution in [0.2, 0.25) is 0 Å². The van der Waals surface area contributed by atoms with Crippen LogP contribution < -0.4 is 11.3 Å². The van der Waals surface area contributed by atoms with Crippen LogP contribution in [0.1, 0.15) is 23.3 Å². The molecule has 0 spiro atoms. The van der Waals surface area contributed by atoms with E-state index in [2.05, 4.69) is 15.4 Å². The van der Waals surface area contributed by atoms with Gasteiger partial charge in [0.25, 0.3) is 5.91 Å². The van der Waals surface area contributed by atoms with Crippen LogP contribution in [0.5, 0.6) is 0 Å². The molecule has 1 amide bonds. The first-order valence-electron chi connectivity index (χ1n) is 5.82. The van der Waals surface area contributed by atoms with Crippen molar-refractivity contribution in [3.05, 3.63) is 18.1 Å². The maximum Gasteiger partial charge on any atom is 0.273 e. The zero-order valence-corrected chi connectivity index (χ0v) is 10.2. The molecule has 0 aromatic carbocycles. The summed E-state index contributed by atoms with van der Waals surface area (Å²) in [5.41, 5.74) is 2.64. The molecule has 1 saturated carbocycles. The summed E-state index contributed by atoms with van der Waals surface area (Å²) in [5, 5.41) is 9.20. The molecule has 0 saturated heterocycles. The van der Waals surface area contributed by atoms with Gasteiger partial charge in [-0.15, -0.1) is 0 Å². The second kappa shape index (κ2) is 5.28. The van der Waals surface area contributed by atoms with E-state index >= 15 is 0 Å². The summed E-state index contributed by atoms with van der Waals surface area (Å²) in [5.74, 6) is 5.79. The molecule has 0 radical (unpaired) electrons. The molecule has 0 atom stereocenters. The predicted octanol–water partition coefficient (Wildman–Crippen LogP) is -0.395. The van der Waals surface area contributed by atoms with Crippen LogP contribution in [0.15, 0.2) is 12.4 Å². The van der Waals surface area contributed by atoms with Crippen molar-refractivity contribution in [2.75, 3.05) is 19.0 Å². The monoisotopic (exact) mass is 251 g/mol. The lowest BCUT2D eigenvalue weighted by Gasteiger charge is -2.34. The molecule has 0 bridgehead atoms. The predicted molar refractivity (Wildman–Crippen MR) is 65.5 cm³/mol. The molecule has 98 valence electrons. The molecular weight excluding hydrogens is 234 g/mol. The van der Waals surface area contributed by atoms with E-state index in [1.807, 2.05) is 0 Å². The Bertz CT molecular complexity index is 416. The van der Waals surface area contributed by atoms with Crippen LogP contribution in [-0.2, 0) is 0 Å². The Kier molecular flexibility index (Phi) is 3.73. The van der Waals surface area contributed by atoms with Gasteiger partial charge >= 0.3 is 0 Å². The lowest BCUT2D eigenvalue weighted by atomic mass is 9.82. The number of aromatic nitrogens is 2. The molecule has 18 heavy (non-hydrogen) atoms. The van der Waals surface area contributed by atoms with E-state index in [1.54, 1.807) is 11.9 Å². The summed E-state index contributed by atoms with van der Waals surface area (Å²) in [4.78, 5) is 21.5. The van der Waals surface area contributed by atoms with E-state index in [-0.39, 0.29) is 17.7 Å². The fourth-order valence-corrected chi connectivity index (χ4v) is 2.03. The highest BCUT2D eigenvalue weighted by atomic mass is 16.3. The first-order chi connectivity index (χ1) is 8.60. The van der Waals surface area contributed by atoms with Crippen molar-refractivity contribution < 1.29 is 9.90 Å². The molecule has 7 nitrogen and oxygen atoms in total. The van der Waals surface area contributed by atoms with Crippen molar-refractivity contribution >= 4 is 11.7 Å². The topological polar surface area (TPSA) is 104 Å². The van der Waals surface area contributed by atoms with Crippen molar-refractivity contribution in [3.8, 4) is 0 Å². The summed E-state index contributed by atoms with van der Waals surface area (Å²) in [7, 11) is 1.73. The van der Waals surface area contributed by atoms with Crippen LogP contribution in [-0.4, -0.2) is 45.6 Å². The zero-order chi connectivity index (χ0) is 13.1. The molecule has 2 rings (SSSR count). The normalized spacial score (nSPS) is 22.2. The Morgan fingerprint density at radius 1 is 1.56 bits per heavy atom. The van der Waals surface area contributed by atoms with Crippen molar-refractivity contribution in [2.24, 2.45) is 11.8 Å².